The number of hydrogen-bond acceptors (Lipinski definition) is 2. The zero-order valence-electron chi connectivity index (χ0n) is 11.4. The molecule has 0 aromatic heterocycles. The summed E-state index contributed by atoms with van der Waals surface area (Å²) in [7, 11) is 0. The molecule has 1 aliphatic rings. The van der Waals surface area contributed by atoms with Crippen LogP contribution in [0.4, 0.5) is 5.69 Å². The molecule has 1 aromatic rings. The lowest BCUT2D eigenvalue weighted by molar-refractivity contribution is -0.120. The van der Waals surface area contributed by atoms with Crippen molar-refractivity contribution in [2.24, 2.45) is 0 Å². The van der Waals surface area contributed by atoms with E-state index in [0.29, 0.717) is 0 Å². The first-order chi connectivity index (χ1) is 9.22. The van der Waals surface area contributed by atoms with Crippen LogP contribution in [0.15, 0.2) is 24.3 Å². The van der Waals surface area contributed by atoms with Crippen LogP contribution in [0.3, 0.4) is 0 Å². The quantitative estimate of drug-likeness (QED) is 0.644. The Bertz CT molecular complexity index is 436. The third-order valence-electron chi connectivity index (χ3n) is 3.53. The zero-order chi connectivity index (χ0) is 13.7. The number of para-hydroxylation sites is 1. The van der Waals surface area contributed by atoms with Crippen LogP contribution in [0.1, 0.15) is 25.3 Å². The van der Waals surface area contributed by atoms with E-state index in [1.165, 1.54) is 11.3 Å². The van der Waals surface area contributed by atoms with Crippen molar-refractivity contribution in [1.82, 2.24) is 5.32 Å². The van der Waals surface area contributed by atoms with Gasteiger partial charge in [0.1, 0.15) is 0 Å². The van der Waals surface area contributed by atoms with Gasteiger partial charge in [-0.2, -0.15) is 0 Å². The lowest BCUT2D eigenvalue weighted by Gasteiger charge is -2.19. The summed E-state index contributed by atoms with van der Waals surface area (Å²) in [4.78, 5) is 14.0. The largest absolute Gasteiger partial charge is 0.371 e. The summed E-state index contributed by atoms with van der Waals surface area (Å²) in [5.74, 6) is 0.101. The molecule has 1 N–H and O–H groups in total. The highest BCUT2D eigenvalue weighted by molar-refractivity contribution is 9.10. The summed E-state index contributed by atoms with van der Waals surface area (Å²) < 4.78 is 0. The molecule has 104 valence electrons. The number of nitrogens with zero attached hydrogens (tertiary/aromatic N) is 1. The molecule has 1 atom stereocenters. The number of nitrogens with one attached hydrogen (secondary N) is 1. The molecule has 1 unspecified atom stereocenters. The third kappa shape index (κ3) is 3.72. The minimum absolute atomic E-state index is 0.0555. The van der Waals surface area contributed by atoms with E-state index in [4.69, 9.17) is 0 Å². The van der Waals surface area contributed by atoms with Gasteiger partial charge in [-0.1, -0.05) is 41.1 Å². The molecule has 0 aliphatic carbocycles. The first kappa shape index (κ1) is 14.4. The van der Waals surface area contributed by atoms with Gasteiger partial charge >= 0.3 is 0 Å². The average molecular weight is 325 g/mol. The van der Waals surface area contributed by atoms with Crippen molar-refractivity contribution < 1.29 is 4.79 Å². The first-order valence-electron chi connectivity index (χ1n) is 6.97. The molecule has 19 heavy (non-hydrogen) atoms. The summed E-state index contributed by atoms with van der Waals surface area (Å²) in [5.41, 5.74) is 2.80. The van der Waals surface area contributed by atoms with E-state index in [0.717, 1.165) is 38.9 Å². The molecule has 0 saturated heterocycles. The fraction of sp³-hybridized carbons (Fsp3) is 0.533. The van der Waals surface area contributed by atoms with Crippen molar-refractivity contribution in [2.45, 2.75) is 31.0 Å². The maximum absolute atomic E-state index is 11.6. The molecule has 0 spiro atoms. The Hall–Kier alpha value is -1.03. The van der Waals surface area contributed by atoms with Crippen molar-refractivity contribution in [3.05, 3.63) is 29.8 Å². The van der Waals surface area contributed by atoms with Crippen LogP contribution in [0.5, 0.6) is 0 Å². The Morgan fingerprint density at radius 2 is 2.26 bits per heavy atom. The van der Waals surface area contributed by atoms with Gasteiger partial charge in [0, 0.05) is 25.3 Å². The molecule has 1 amide bonds. The number of anilines is 1. The van der Waals surface area contributed by atoms with Gasteiger partial charge in [0.25, 0.3) is 0 Å². The summed E-state index contributed by atoms with van der Waals surface area (Å²) in [6.07, 6.45) is 2.96. The number of rotatable bonds is 6. The summed E-state index contributed by atoms with van der Waals surface area (Å²) >= 11 is 3.36. The Morgan fingerprint density at radius 3 is 3.05 bits per heavy atom. The summed E-state index contributed by atoms with van der Waals surface area (Å²) in [5, 5.41) is 2.97. The zero-order valence-corrected chi connectivity index (χ0v) is 12.9. The fourth-order valence-corrected chi connectivity index (χ4v) is 2.58. The Balaban J connectivity index is 1.72. The Kier molecular flexibility index (Phi) is 5.25. The van der Waals surface area contributed by atoms with E-state index in [-0.39, 0.29) is 10.7 Å². The van der Waals surface area contributed by atoms with Gasteiger partial charge in [-0.05, 0) is 30.9 Å². The molecular formula is C15H21BrN2O. The van der Waals surface area contributed by atoms with Crippen molar-refractivity contribution in [3.8, 4) is 0 Å². The molecule has 0 fully saturated rings. The van der Waals surface area contributed by atoms with Crippen LogP contribution in [0, 0.1) is 0 Å². The van der Waals surface area contributed by atoms with Crippen LogP contribution >= 0.6 is 15.9 Å². The van der Waals surface area contributed by atoms with E-state index in [2.05, 4.69) is 50.4 Å². The smallest absolute Gasteiger partial charge is 0.233 e. The van der Waals surface area contributed by atoms with E-state index >= 15 is 0 Å². The van der Waals surface area contributed by atoms with Gasteiger partial charge in [0.2, 0.25) is 5.91 Å². The van der Waals surface area contributed by atoms with Crippen molar-refractivity contribution in [2.75, 3.05) is 24.5 Å². The highest BCUT2D eigenvalue weighted by Crippen LogP contribution is 2.27. The number of carbonyl (C=O) groups excluding carboxylic acids is 1. The normalized spacial score (nSPS) is 15.2. The van der Waals surface area contributed by atoms with Gasteiger partial charge < -0.3 is 10.2 Å². The number of alkyl halides is 1. The standard InChI is InChI=1S/C15H21BrN2O/c1-2-13(16)15(19)17-9-5-10-18-11-8-12-6-3-4-7-14(12)18/h3-4,6-7,13H,2,5,8-11H2,1H3,(H,17,19). The second kappa shape index (κ2) is 6.94. The number of benzene rings is 1. The molecule has 2 rings (SSSR count). The number of fused-ring (bicyclic) bond motifs is 1. The van der Waals surface area contributed by atoms with Gasteiger partial charge in [0.15, 0.2) is 0 Å². The molecular weight excluding hydrogens is 304 g/mol. The van der Waals surface area contributed by atoms with Crippen LogP contribution in [-0.4, -0.2) is 30.4 Å². The fourth-order valence-electron chi connectivity index (χ4n) is 2.42. The molecule has 1 heterocycles. The SMILES string of the molecule is CCC(Br)C(=O)NCCCN1CCc2ccccc21. The maximum atomic E-state index is 11.6. The minimum atomic E-state index is -0.0555. The Morgan fingerprint density at radius 1 is 1.47 bits per heavy atom. The number of halogens is 1. The highest BCUT2D eigenvalue weighted by atomic mass is 79.9. The highest BCUT2D eigenvalue weighted by Gasteiger charge is 2.17. The lowest BCUT2D eigenvalue weighted by atomic mass is 10.2. The summed E-state index contributed by atoms with van der Waals surface area (Å²) in [6.45, 7) is 4.86. The Labute approximate surface area is 123 Å². The van der Waals surface area contributed by atoms with Crippen molar-refractivity contribution in [3.63, 3.8) is 0 Å². The van der Waals surface area contributed by atoms with Crippen molar-refractivity contribution >= 4 is 27.5 Å². The van der Waals surface area contributed by atoms with Crippen LogP contribution in [0.25, 0.3) is 0 Å². The molecule has 0 radical (unpaired) electrons. The van der Waals surface area contributed by atoms with Gasteiger partial charge in [-0.25, -0.2) is 0 Å². The van der Waals surface area contributed by atoms with E-state index in [1.807, 2.05) is 6.92 Å². The predicted molar refractivity (Wildman–Crippen MR) is 83.0 cm³/mol. The van der Waals surface area contributed by atoms with E-state index < -0.39 is 0 Å². The van der Waals surface area contributed by atoms with Crippen LogP contribution in [0.2, 0.25) is 0 Å². The van der Waals surface area contributed by atoms with E-state index in [9.17, 15) is 4.79 Å². The minimum Gasteiger partial charge on any atom is -0.371 e. The molecule has 4 heteroatoms. The van der Waals surface area contributed by atoms with Gasteiger partial charge in [0.05, 0.1) is 4.83 Å². The van der Waals surface area contributed by atoms with Gasteiger partial charge in [-0.15, -0.1) is 0 Å². The van der Waals surface area contributed by atoms with Crippen molar-refractivity contribution in [1.29, 1.82) is 0 Å². The van der Waals surface area contributed by atoms with Crippen LogP contribution in [-0.2, 0) is 11.2 Å². The average Bonchev–Trinajstić information content (AvgIpc) is 2.86. The predicted octanol–water partition coefficient (Wildman–Crippen LogP) is 2.73. The van der Waals surface area contributed by atoms with Gasteiger partial charge in [-0.3, -0.25) is 4.79 Å². The number of hydrogen-bond donors (Lipinski definition) is 1. The lowest BCUT2D eigenvalue weighted by Crippen LogP contribution is -2.33. The summed E-state index contributed by atoms with van der Waals surface area (Å²) in [6, 6.07) is 8.58. The molecule has 0 bridgehead atoms. The molecule has 1 aromatic carbocycles. The molecule has 1 aliphatic heterocycles. The second-order valence-electron chi connectivity index (χ2n) is 4.89. The van der Waals surface area contributed by atoms with Crippen LogP contribution < -0.4 is 10.2 Å². The maximum Gasteiger partial charge on any atom is 0.233 e. The second-order valence-corrected chi connectivity index (χ2v) is 5.99. The monoisotopic (exact) mass is 324 g/mol. The molecule has 3 nitrogen and oxygen atoms in total. The topological polar surface area (TPSA) is 32.3 Å². The third-order valence-corrected chi connectivity index (χ3v) is 4.59. The first-order valence-corrected chi connectivity index (χ1v) is 7.88. The number of amides is 1. The molecule has 0 saturated carbocycles. The van der Waals surface area contributed by atoms with E-state index in [1.54, 1.807) is 0 Å². The number of carbonyl (C=O) groups is 1.